The standard InChI is InChI=1S/C24H25N3O3/c1-13-11-18-23(19(29)12-13)22(16-7-9-17(28)10-8-16)21(15(3)26-18)24(30)27-20-6-4-5-14(2)25-20/h4-10,13,22,26,28H,11-12H2,1-3H3,(H,25,27,30)/t13-,22+/m1/s1. The number of rotatable bonds is 3. The van der Waals surface area contributed by atoms with Gasteiger partial charge in [0.05, 0.1) is 0 Å². The van der Waals surface area contributed by atoms with Gasteiger partial charge in [-0.1, -0.05) is 25.1 Å². The van der Waals surface area contributed by atoms with Crippen molar-refractivity contribution in [2.75, 3.05) is 5.32 Å². The number of phenolic OH excluding ortho intramolecular Hbond substituents is 1. The van der Waals surface area contributed by atoms with Crippen LogP contribution < -0.4 is 10.6 Å². The molecule has 1 amide bonds. The SMILES string of the molecule is CC1=C(C(=O)Nc2cccc(C)n2)[C@H](c2ccc(O)cc2)C2=C(C[C@@H](C)CC2=O)N1. The number of nitrogens with zero attached hydrogens (tertiary/aromatic N) is 1. The van der Waals surface area contributed by atoms with Gasteiger partial charge in [-0.05, 0) is 56.0 Å². The summed E-state index contributed by atoms with van der Waals surface area (Å²) in [5.74, 6) is 0.125. The Labute approximate surface area is 175 Å². The number of hydrogen-bond donors (Lipinski definition) is 3. The van der Waals surface area contributed by atoms with E-state index in [1.54, 1.807) is 30.3 Å². The van der Waals surface area contributed by atoms with Gasteiger partial charge in [0.2, 0.25) is 0 Å². The average Bonchev–Trinajstić information content (AvgIpc) is 2.67. The smallest absolute Gasteiger partial charge is 0.255 e. The molecule has 6 nitrogen and oxygen atoms in total. The number of dihydropyridines is 1. The van der Waals surface area contributed by atoms with E-state index in [2.05, 4.69) is 22.5 Å². The third-order valence-electron chi connectivity index (χ3n) is 5.63. The number of anilines is 1. The number of phenols is 1. The Bertz CT molecular complexity index is 1080. The van der Waals surface area contributed by atoms with Crippen molar-refractivity contribution in [1.29, 1.82) is 0 Å². The summed E-state index contributed by atoms with van der Waals surface area (Å²) in [5.41, 5.74) is 4.35. The van der Waals surface area contributed by atoms with Crippen molar-refractivity contribution < 1.29 is 14.7 Å². The molecule has 4 rings (SSSR count). The van der Waals surface area contributed by atoms with E-state index in [0.717, 1.165) is 29.1 Å². The topological polar surface area (TPSA) is 91.3 Å². The predicted molar refractivity (Wildman–Crippen MR) is 115 cm³/mol. The van der Waals surface area contributed by atoms with Gasteiger partial charge in [0.1, 0.15) is 11.6 Å². The maximum Gasteiger partial charge on any atom is 0.255 e. The van der Waals surface area contributed by atoms with E-state index in [1.165, 1.54) is 0 Å². The fourth-order valence-electron chi connectivity index (χ4n) is 4.33. The number of aromatic hydroxyl groups is 1. The summed E-state index contributed by atoms with van der Waals surface area (Å²) in [7, 11) is 0. The summed E-state index contributed by atoms with van der Waals surface area (Å²) >= 11 is 0. The number of carbonyl (C=O) groups excluding carboxylic acids is 2. The molecule has 2 aromatic rings. The summed E-state index contributed by atoms with van der Waals surface area (Å²) in [6.07, 6.45) is 1.23. The first-order valence-electron chi connectivity index (χ1n) is 10.1. The van der Waals surface area contributed by atoms with E-state index in [0.29, 0.717) is 23.4 Å². The van der Waals surface area contributed by atoms with E-state index in [-0.39, 0.29) is 23.4 Å². The molecule has 0 unspecified atom stereocenters. The lowest BCUT2D eigenvalue weighted by molar-refractivity contribution is -0.117. The lowest BCUT2D eigenvalue weighted by Gasteiger charge is -2.36. The minimum absolute atomic E-state index is 0.0563. The summed E-state index contributed by atoms with van der Waals surface area (Å²) in [6, 6.07) is 12.1. The molecule has 6 heteroatoms. The first kappa shape index (κ1) is 19.9. The van der Waals surface area contributed by atoms with Crippen LogP contribution in [0.2, 0.25) is 0 Å². The lowest BCUT2D eigenvalue weighted by atomic mass is 9.73. The van der Waals surface area contributed by atoms with Gasteiger partial charge in [-0.2, -0.15) is 0 Å². The van der Waals surface area contributed by atoms with Crippen LogP contribution in [0.3, 0.4) is 0 Å². The molecule has 1 aliphatic carbocycles. The molecule has 2 aliphatic rings. The van der Waals surface area contributed by atoms with Gasteiger partial charge in [0.15, 0.2) is 5.78 Å². The molecule has 154 valence electrons. The second kappa shape index (κ2) is 7.78. The van der Waals surface area contributed by atoms with Crippen molar-refractivity contribution >= 4 is 17.5 Å². The highest BCUT2D eigenvalue weighted by molar-refractivity contribution is 6.09. The van der Waals surface area contributed by atoms with Crippen LogP contribution >= 0.6 is 0 Å². The Morgan fingerprint density at radius 1 is 1.13 bits per heavy atom. The van der Waals surface area contributed by atoms with Crippen molar-refractivity contribution in [2.24, 2.45) is 5.92 Å². The number of Topliss-reactive ketones (excluding diaryl/α,β-unsaturated/α-hetero) is 1. The zero-order valence-corrected chi connectivity index (χ0v) is 17.3. The number of amides is 1. The van der Waals surface area contributed by atoms with E-state index < -0.39 is 5.92 Å². The number of hydrogen-bond acceptors (Lipinski definition) is 5. The monoisotopic (exact) mass is 403 g/mol. The second-order valence-electron chi connectivity index (χ2n) is 8.14. The fraction of sp³-hybridized carbons (Fsp3) is 0.292. The van der Waals surface area contributed by atoms with Crippen LogP contribution in [0.15, 0.2) is 65.0 Å². The van der Waals surface area contributed by atoms with Crippen LogP contribution in [0.5, 0.6) is 5.75 Å². The normalized spacial score (nSPS) is 21.2. The van der Waals surface area contributed by atoms with E-state index in [1.807, 2.05) is 26.0 Å². The molecule has 0 bridgehead atoms. The number of benzene rings is 1. The lowest BCUT2D eigenvalue weighted by Crippen LogP contribution is -2.37. The van der Waals surface area contributed by atoms with Gasteiger partial charge < -0.3 is 15.7 Å². The zero-order chi connectivity index (χ0) is 21.4. The molecule has 30 heavy (non-hydrogen) atoms. The first-order chi connectivity index (χ1) is 14.3. The molecule has 2 atom stereocenters. The maximum atomic E-state index is 13.4. The van der Waals surface area contributed by atoms with Gasteiger partial charge >= 0.3 is 0 Å². The van der Waals surface area contributed by atoms with E-state index in [9.17, 15) is 14.7 Å². The molecule has 1 aliphatic heterocycles. The van der Waals surface area contributed by atoms with Gasteiger partial charge in [0, 0.05) is 40.6 Å². The van der Waals surface area contributed by atoms with Gasteiger partial charge in [0.25, 0.3) is 5.91 Å². The highest BCUT2D eigenvalue weighted by atomic mass is 16.3. The largest absolute Gasteiger partial charge is 0.508 e. The van der Waals surface area contributed by atoms with E-state index in [4.69, 9.17) is 0 Å². The molecule has 0 fully saturated rings. The highest BCUT2D eigenvalue weighted by Gasteiger charge is 2.39. The number of pyridine rings is 1. The number of aromatic nitrogens is 1. The number of aryl methyl sites for hydroxylation is 1. The molecular weight excluding hydrogens is 378 g/mol. The number of ketones is 1. The minimum atomic E-state index is -0.494. The quantitative estimate of drug-likeness (QED) is 0.722. The van der Waals surface area contributed by atoms with Crippen LogP contribution in [0, 0.1) is 12.8 Å². The molecule has 3 N–H and O–H groups in total. The van der Waals surface area contributed by atoms with Gasteiger partial charge in [-0.3, -0.25) is 9.59 Å². The van der Waals surface area contributed by atoms with Crippen LogP contribution in [0.25, 0.3) is 0 Å². The molecule has 0 saturated heterocycles. The molecular formula is C24H25N3O3. The zero-order valence-electron chi connectivity index (χ0n) is 17.3. The van der Waals surface area contributed by atoms with E-state index >= 15 is 0 Å². The van der Waals surface area contributed by atoms with Crippen LogP contribution in [0.1, 0.15) is 43.9 Å². The summed E-state index contributed by atoms with van der Waals surface area (Å²) in [5, 5.41) is 15.9. The molecule has 1 aromatic carbocycles. The first-order valence-corrected chi connectivity index (χ1v) is 10.1. The van der Waals surface area contributed by atoms with Crippen molar-refractivity contribution in [3.05, 3.63) is 76.3 Å². The Morgan fingerprint density at radius 2 is 1.87 bits per heavy atom. The molecule has 0 saturated carbocycles. The third kappa shape index (κ3) is 3.73. The van der Waals surface area contributed by atoms with Crippen molar-refractivity contribution in [1.82, 2.24) is 10.3 Å². The molecule has 2 heterocycles. The van der Waals surface area contributed by atoms with Gasteiger partial charge in [-0.25, -0.2) is 4.98 Å². The Hall–Kier alpha value is -3.41. The molecule has 0 spiro atoms. The van der Waals surface area contributed by atoms with Crippen LogP contribution in [-0.4, -0.2) is 21.8 Å². The summed E-state index contributed by atoms with van der Waals surface area (Å²) in [6.45, 7) is 5.78. The second-order valence-corrected chi connectivity index (χ2v) is 8.14. The van der Waals surface area contributed by atoms with Crippen LogP contribution in [0.4, 0.5) is 5.82 Å². The minimum Gasteiger partial charge on any atom is -0.508 e. The van der Waals surface area contributed by atoms with Crippen molar-refractivity contribution in [2.45, 2.75) is 39.5 Å². The predicted octanol–water partition coefficient (Wildman–Crippen LogP) is 3.95. The summed E-state index contributed by atoms with van der Waals surface area (Å²) < 4.78 is 0. The molecule has 0 radical (unpaired) electrons. The third-order valence-corrected chi connectivity index (χ3v) is 5.63. The number of nitrogens with one attached hydrogen (secondary N) is 2. The molecule has 1 aromatic heterocycles. The Kier molecular flexibility index (Phi) is 5.16. The highest BCUT2D eigenvalue weighted by Crippen LogP contribution is 2.43. The fourth-order valence-corrected chi connectivity index (χ4v) is 4.33. The maximum absolute atomic E-state index is 13.4. The van der Waals surface area contributed by atoms with Gasteiger partial charge in [-0.15, -0.1) is 0 Å². The Balaban J connectivity index is 1.79. The summed E-state index contributed by atoms with van der Waals surface area (Å²) in [4.78, 5) is 30.8. The number of carbonyl (C=O) groups is 2. The van der Waals surface area contributed by atoms with Crippen molar-refractivity contribution in [3.8, 4) is 5.75 Å². The van der Waals surface area contributed by atoms with Crippen LogP contribution in [-0.2, 0) is 9.59 Å². The average molecular weight is 403 g/mol. The van der Waals surface area contributed by atoms with Crippen molar-refractivity contribution in [3.63, 3.8) is 0 Å². The Morgan fingerprint density at radius 3 is 2.57 bits per heavy atom. The number of allylic oxidation sites excluding steroid dienone is 3.